The van der Waals surface area contributed by atoms with Crippen LogP contribution in [0.4, 0.5) is 5.69 Å². The van der Waals surface area contributed by atoms with Crippen LogP contribution in [0.2, 0.25) is 0 Å². The summed E-state index contributed by atoms with van der Waals surface area (Å²) in [7, 11) is -3.41. The molecule has 30 heavy (non-hydrogen) atoms. The van der Waals surface area contributed by atoms with Gasteiger partial charge in [0.05, 0.1) is 10.6 Å². The van der Waals surface area contributed by atoms with Gasteiger partial charge in [0, 0.05) is 29.5 Å². The molecule has 0 fully saturated rings. The van der Waals surface area contributed by atoms with Crippen molar-refractivity contribution in [3.05, 3.63) is 82.8 Å². The minimum atomic E-state index is -3.41. The van der Waals surface area contributed by atoms with Gasteiger partial charge in [0.15, 0.2) is 9.84 Å². The molecule has 0 radical (unpaired) electrons. The van der Waals surface area contributed by atoms with Crippen molar-refractivity contribution in [3.63, 3.8) is 0 Å². The van der Waals surface area contributed by atoms with E-state index in [-0.39, 0.29) is 21.9 Å². The number of aromatic hydroxyl groups is 1. The molecule has 0 saturated heterocycles. The van der Waals surface area contributed by atoms with Crippen LogP contribution >= 0.6 is 0 Å². The fourth-order valence-electron chi connectivity index (χ4n) is 3.13. The van der Waals surface area contributed by atoms with E-state index in [0.717, 1.165) is 6.26 Å². The monoisotopic (exact) mass is 423 g/mol. The molecule has 9 heteroatoms. The number of nitrogens with zero attached hydrogens (tertiary/aromatic N) is 1. The number of nitrogens with one attached hydrogen (secondary N) is 2. The van der Waals surface area contributed by atoms with Crippen molar-refractivity contribution in [2.45, 2.75) is 4.90 Å². The van der Waals surface area contributed by atoms with Crippen molar-refractivity contribution < 1.29 is 18.3 Å². The molecular formula is C21H17N3O5S. The molecule has 8 nitrogen and oxygen atoms in total. The molecule has 0 bridgehead atoms. The number of carbonyl (C=O) groups excluding carboxylic acids is 1. The topological polar surface area (TPSA) is 121 Å². The molecule has 0 unspecified atom stereocenters. The van der Waals surface area contributed by atoms with Crippen LogP contribution in [0.1, 0.15) is 10.5 Å². The van der Waals surface area contributed by atoms with Crippen molar-refractivity contribution in [3.8, 4) is 11.4 Å². The number of aromatic amines is 1. The number of hydrogen-bond acceptors (Lipinski definition) is 5. The zero-order valence-electron chi connectivity index (χ0n) is 15.8. The summed E-state index contributed by atoms with van der Waals surface area (Å²) >= 11 is 0. The molecule has 4 rings (SSSR count). The second kappa shape index (κ2) is 7.20. The molecule has 0 spiro atoms. The summed E-state index contributed by atoms with van der Waals surface area (Å²) in [5, 5.41) is 13.0. The predicted molar refractivity (Wildman–Crippen MR) is 113 cm³/mol. The number of rotatable bonds is 4. The van der Waals surface area contributed by atoms with Gasteiger partial charge in [0.2, 0.25) is 0 Å². The molecule has 1 amide bonds. The van der Waals surface area contributed by atoms with E-state index in [2.05, 4.69) is 10.3 Å². The van der Waals surface area contributed by atoms with Crippen molar-refractivity contribution >= 4 is 32.5 Å². The first-order valence-electron chi connectivity index (χ1n) is 8.88. The van der Waals surface area contributed by atoms with Crippen molar-refractivity contribution in [2.24, 2.45) is 0 Å². The predicted octanol–water partition coefficient (Wildman–Crippen LogP) is 2.68. The molecule has 0 aliphatic heterocycles. The van der Waals surface area contributed by atoms with Crippen molar-refractivity contribution in [1.29, 1.82) is 0 Å². The first-order valence-corrected chi connectivity index (χ1v) is 10.8. The summed E-state index contributed by atoms with van der Waals surface area (Å²) in [5.41, 5.74) is 1.02. The number of anilines is 1. The van der Waals surface area contributed by atoms with Gasteiger partial charge in [-0.2, -0.15) is 0 Å². The minimum Gasteiger partial charge on any atom is -0.508 e. The van der Waals surface area contributed by atoms with Crippen molar-refractivity contribution in [2.75, 3.05) is 11.6 Å². The number of phenolic OH excluding ortho intramolecular Hbond substituents is 1. The SMILES string of the molecule is CS(=O)(=O)c1cccc(NC(=O)c2cc3ccc(=O)n(-c4cccc(O)c4)c3[nH]2)c1. The third-order valence-electron chi connectivity index (χ3n) is 4.53. The maximum absolute atomic E-state index is 12.7. The van der Waals surface area contributed by atoms with Crippen molar-refractivity contribution in [1.82, 2.24) is 9.55 Å². The van der Waals surface area contributed by atoms with E-state index in [1.165, 1.54) is 41.0 Å². The van der Waals surface area contributed by atoms with Gasteiger partial charge < -0.3 is 15.4 Å². The molecule has 0 aliphatic rings. The lowest BCUT2D eigenvalue weighted by atomic mass is 10.2. The molecule has 2 heterocycles. The van der Waals surface area contributed by atoms with E-state index in [1.807, 2.05) is 0 Å². The number of fused-ring (bicyclic) bond motifs is 1. The van der Waals surface area contributed by atoms with Crippen LogP contribution in [0.5, 0.6) is 5.75 Å². The Bertz CT molecular complexity index is 1450. The lowest BCUT2D eigenvalue weighted by molar-refractivity contribution is 0.102. The molecule has 2 aromatic carbocycles. The quantitative estimate of drug-likeness (QED) is 0.466. The smallest absolute Gasteiger partial charge is 0.272 e. The Morgan fingerprint density at radius 2 is 1.80 bits per heavy atom. The van der Waals surface area contributed by atoms with Gasteiger partial charge >= 0.3 is 0 Å². The highest BCUT2D eigenvalue weighted by Crippen LogP contribution is 2.21. The van der Waals surface area contributed by atoms with Crippen LogP contribution in [0.3, 0.4) is 0 Å². The van der Waals surface area contributed by atoms with Gasteiger partial charge in [0.25, 0.3) is 11.5 Å². The summed E-state index contributed by atoms with van der Waals surface area (Å²) < 4.78 is 24.8. The highest BCUT2D eigenvalue weighted by molar-refractivity contribution is 7.90. The zero-order chi connectivity index (χ0) is 21.5. The van der Waals surface area contributed by atoms with Gasteiger partial charge in [-0.1, -0.05) is 12.1 Å². The summed E-state index contributed by atoms with van der Waals surface area (Å²) in [6.45, 7) is 0. The van der Waals surface area contributed by atoms with E-state index in [1.54, 1.807) is 30.3 Å². The van der Waals surface area contributed by atoms with Gasteiger partial charge in [-0.25, -0.2) is 8.42 Å². The maximum atomic E-state index is 12.7. The molecular weight excluding hydrogens is 406 g/mol. The fraction of sp³-hybridized carbons (Fsp3) is 0.0476. The molecule has 2 aromatic heterocycles. The normalized spacial score (nSPS) is 11.5. The average Bonchev–Trinajstić information content (AvgIpc) is 3.12. The second-order valence-corrected chi connectivity index (χ2v) is 8.78. The summed E-state index contributed by atoms with van der Waals surface area (Å²) in [6.07, 6.45) is 1.09. The van der Waals surface area contributed by atoms with E-state index in [9.17, 15) is 23.1 Å². The maximum Gasteiger partial charge on any atom is 0.272 e. The van der Waals surface area contributed by atoms with E-state index >= 15 is 0 Å². The van der Waals surface area contributed by atoms with Crippen LogP contribution in [-0.2, 0) is 9.84 Å². The average molecular weight is 423 g/mol. The third kappa shape index (κ3) is 3.70. The van der Waals surface area contributed by atoms with Crippen LogP contribution in [0.25, 0.3) is 16.7 Å². The number of sulfone groups is 1. The Kier molecular flexibility index (Phi) is 4.67. The number of aromatic nitrogens is 2. The summed E-state index contributed by atoms with van der Waals surface area (Å²) in [4.78, 5) is 28.2. The molecule has 3 N–H and O–H groups in total. The number of H-pyrrole nitrogens is 1. The number of phenols is 1. The Balaban J connectivity index is 1.73. The van der Waals surface area contributed by atoms with E-state index in [0.29, 0.717) is 22.4 Å². The van der Waals surface area contributed by atoms with Gasteiger partial charge in [-0.05, 0) is 42.5 Å². The Labute approximate surface area is 171 Å². The third-order valence-corrected chi connectivity index (χ3v) is 5.64. The first kappa shape index (κ1) is 19.5. The van der Waals surface area contributed by atoms with Crippen LogP contribution in [0, 0.1) is 0 Å². The molecule has 0 atom stereocenters. The summed E-state index contributed by atoms with van der Waals surface area (Å²) in [6, 6.07) is 16.7. The van der Waals surface area contributed by atoms with Gasteiger partial charge in [0.1, 0.15) is 17.1 Å². The lowest BCUT2D eigenvalue weighted by Gasteiger charge is -2.08. The zero-order valence-corrected chi connectivity index (χ0v) is 16.6. The van der Waals surface area contributed by atoms with Gasteiger partial charge in [-0.3, -0.25) is 14.2 Å². The second-order valence-electron chi connectivity index (χ2n) is 6.77. The lowest BCUT2D eigenvalue weighted by Crippen LogP contribution is -2.17. The van der Waals surface area contributed by atoms with E-state index < -0.39 is 15.7 Å². The largest absolute Gasteiger partial charge is 0.508 e. The Morgan fingerprint density at radius 1 is 1.03 bits per heavy atom. The van der Waals surface area contributed by atoms with Crippen LogP contribution < -0.4 is 10.9 Å². The van der Waals surface area contributed by atoms with Gasteiger partial charge in [-0.15, -0.1) is 0 Å². The Hall–Kier alpha value is -3.85. The number of carbonyl (C=O) groups is 1. The standard InChI is InChI=1S/C21H17N3O5S/c1-30(28,29)17-7-2-4-14(11-17)22-21(27)18-10-13-8-9-19(26)24(20(13)23-18)15-5-3-6-16(25)12-15/h2-12,23,25H,1H3,(H,22,27). The number of benzene rings is 2. The number of amides is 1. The van der Waals surface area contributed by atoms with Crippen LogP contribution in [-0.4, -0.2) is 35.2 Å². The molecule has 4 aromatic rings. The first-order chi connectivity index (χ1) is 14.2. The highest BCUT2D eigenvalue weighted by atomic mass is 32.2. The minimum absolute atomic E-state index is 0.00619. The van der Waals surface area contributed by atoms with Crippen LogP contribution in [0.15, 0.2) is 76.4 Å². The fourth-order valence-corrected chi connectivity index (χ4v) is 3.80. The summed E-state index contributed by atoms with van der Waals surface area (Å²) in [5.74, 6) is -0.488. The molecule has 0 saturated carbocycles. The molecule has 152 valence electrons. The molecule has 0 aliphatic carbocycles. The highest BCUT2D eigenvalue weighted by Gasteiger charge is 2.15. The van der Waals surface area contributed by atoms with E-state index in [4.69, 9.17) is 0 Å². The Morgan fingerprint density at radius 3 is 2.53 bits per heavy atom. The number of hydrogen-bond donors (Lipinski definition) is 3. The number of pyridine rings is 1.